The number of benzene rings is 2. The number of fused-ring (bicyclic) bond motifs is 1. The minimum atomic E-state index is -0.615. The standard InChI is InChI=1S/C18H17NO/c1-3-18(14-9-5-4-6-10-14)13(2)19-16-12-8-7-11-15(16)17(18)20/h4-12H,3H2,1-2H3. The van der Waals surface area contributed by atoms with Gasteiger partial charge in [0.15, 0.2) is 5.78 Å². The molecule has 2 aromatic carbocycles. The largest absolute Gasteiger partial charge is 0.293 e. The fraction of sp³-hybridized carbons (Fsp3) is 0.222. The number of hydrogen-bond acceptors (Lipinski definition) is 2. The number of aliphatic imine (C=N–C) groups is 1. The van der Waals surface area contributed by atoms with E-state index in [2.05, 4.69) is 6.92 Å². The zero-order valence-corrected chi connectivity index (χ0v) is 11.8. The molecule has 0 saturated carbocycles. The molecule has 0 aromatic heterocycles. The van der Waals surface area contributed by atoms with Crippen molar-refractivity contribution in [1.82, 2.24) is 0 Å². The van der Waals surface area contributed by atoms with E-state index in [0.29, 0.717) is 0 Å². The number of rotatable bonds is 2. The highest BCUT2D eigenvalue weighted by molar-refractivity contribution is 6.24. The maximum Gasteiger partial charge on any atom is 0.181 e. The molecule has 2 heteroatoms. The number of nitrogens with zero attached hydrogens (tertiary/aromatic N) is 1. The van der Waals surface area contributed by atoms with Crippen molar-refractivity contribution in [3.8, 4) is 0 Å². The van der Waals surface area contributed by atoms with E-state index < -0.39 is 5.41 Å². The van der Waals surface area contributed by atoms with Crippen molar-refractivity contribution in [2.75, 3.05) is 0 Å². The topological polar surface area (TPSA) is 29.4 Å². The summed E-state index contributed by atoms with van der Waals surface area (Å²) in [4.78, 5) is 17.8. The summed E-state index contributed by atoms with van der Waals surface area (Å²) < 4.78 is 0. The fourth-order valence-corrected chi connectivity index (χ4v) is 3.12. The molecule has 2 nitrogen and oxygen atoms in total. The van der Waals surface area contributed by atoms with Gasteiger partial charge in [0.25, 0.3) is 0 Å². The number of para-hydroxylation sites is 1. The molecule has 2 aromatic rings. The van der Waals surface area contributed by atoms with E-state index in [1.54, 1.807) is 0 Å². The number of Topliss-reactive ketones (excluding diaryl/α,β-unsaturated/α-hetero) is 1. The monoisotopic (exact) mass is 263 g/mol. The number of carbonyl (C=O) groups excluding carboxylic acids is 1. The molecule has 0 radical (unpaired) electrons. The second-order valence-electron chi connectivity index (χ2n) is 5.17. The van der Waals surface area contributed by atoms with Crippen molar-refractivity contribution in [3.05, 3.63) is 65.7 Å². The average molecular weight is 263 g/mol. The van der Waals surface area contributed by atoms with Crippen LogP contribution in [0.3, 0.4) is 0 Å². The zero-order valence-electron chi connectivity index (χ0n) is 11.8. The zero-order chi connectivity index (χ0) is 14.2. The van der Waals surface area contributed by atoms with Crippen LogP contribution in [0.25, 0.3) is 0 Å². The van der Waals surface area contributed by atoms with Crippen LogP contribution in [0.2, 0.25) is 0 Å². The summed E-state index contributed by atoms with van der Waals surface area (Å²) in [5.41, 5.74) is 2.81. The molecule has 0 N–H and O–H groups in total. The second kappa shape index (κ2) is 4.71. The van der Waals surface area contributed by atoms with Gasteiger partial charge in [0.1, 0.15) is 0 Å². The lowest BCUT2D eigenvalue weighted by Crippen LogP contribution is -2.44. The van der Waals surface area contributed by atoms with E-state index in [1.807, 2.05) is 61.5 Å². The summed E-state index contributed by atoms with van der Waals surface area (Å²) in [5, 5.41) is 0. The third-order valence-electron chi connectivity index (χ3n) is 4.24. The van der Waals surface area contributed by atoms with Crippen LogP contribution in [0.4, 0.5) is 5.69 Å². The first kappa shape index (κ1) is 12.8. The van der Waals surface area contributed by atoms with Crippen molar-refractivity contribution in [2.24, 2.45) is 4.99 Å². The van der Waals surface area contributed by atoms with Crippen molar-refractivity contribution in [2.45, 2.75) is 25.7 Å². The first-order valence-corrected chi connectivity index (χ1v) is 6.95. The molecular formula is C18H17NO. The van der Waals surface area contributed by atoms with Crippen LogP contribution in [0.5, 0.6) is 0 Å². The van der Waals surface area contributed by atoms with Crippen LogP contribution in [0.15, 0.2) is 59.6 Å². The molecule has 1 atom stereocenters. The van der Waals surface area contributed by atoms with E-state index in [1.165, 1.54) is 0 Å². The number of carbonyl (C=O) groups is 1. The Labute approximate surface area is 119 Å². The smallest absolute Gasteiger partial charge is 0.181 e. The van der Waals surface area contributed by atoms with Gasteiger partial charge < -0.3 is 0 Å². The fourth-order valence-electron chi connectivity index (χ4n) is 3.12. The molecule has 100 valence electrons. The van der Waals surface area contributed by atoms with Crippen LogP contribution in [-0.2, 0) is 5.41 Å². The van der Waals surface area contributed by atoms with Crippen LogP contribution in [0, 0.1) is 0 Å². The summed E-state index contributed by atoms with van der Waals surface area (Å²) in [7, 11) is 0. The quantitative estimate of drug-likeness (QED) is 0.793. The highest BCUT2D eigenvalue weighted by Gasteiger charge is 2.44. The third-order valence-corrected chi connectivity index (χ3v) is 4.24. The molecule has 1 heterocycles. The average Bonchev–Trinajstić information content (AvgIpc) is 2.49. The van der Waals surface area contributed by atoms with Gasteiger partial charge >= 0.3 is 0 Å². The summed E-state index contributed by atoms with van der Waals surface area (Å²) in [6.07, 6.45) is 0.722. The van der Waals surface area contributed by atoms with Gasteiger partial charge in [0.2, 0.25) is 0 Å². The van der Waals surface area contributed by atoms with E-state index in [-0.39, 0.29) is 5.78 Å². The molecule has 1 aliphatic rings. The molecule has 0 aliphatic carbocycles. The van der Waals surface area contributed by atoms with Gasteiger partial charge in [-0.1, -0.05) is 49.4 Å². The summed E-state index contributed by atoms with van der Waals surface area (Å²) >= 11 is 0. The van der Waals surface area contributed by atoms with Gasteiger partial charge in [-0.2, -0.15) is 0 Å². The Bertz CT molecular complexity index is 688. The molecule has 1 aliphatic heterocycles. The van der Waals surface area contributed by atoms with Crippen molar-refractivity contribution in [3.63, 3.8) is 0 Å². The van der Waals surface area contributed by atoms with Gasteiger partial charge in [0, 0.05) is 11.3 Å². The minimum Gasteiger partial charge on any atom is -0.293 e. The van der Waals surface area contributed by atoms with E-state index in [9.17, 15) is 4.79 Å². The first-order valence-electron chi connectivity index (χ1n) is 6.95. The Hall–Kier alpha value is -2.22. The summed E-state index contributed by atoms with van der Waals surface area (Å²) in [5.74, 6) is 0.161. The lowest BCUT2D eigenvalue weighted by molar-refractivity contribution is 0.0924. The Morgan fingerprint density at radius 2 is 1.65 bits per heavy atom. The summed E-state index contributed by atoms with van der Waals surface area (Å²) in [6.45, 7) is 4.02. The van der Waals surface area contributed by atoms with Gasteiger partial charge in [-0.25, -0.2) is 0 Å². The van der Waals surface area contributed by atoms with E-state index >= 15 is 0 Å². The summed E-state index contributed by atoms with van der Waals surface area (Å²) in [6, 6.07) is 17.6. The molecule has 0 amide bonds. The second-order valence-corrected chi connectivity index (χ2v) is 5.17. The lowest BCUT2D eigenvalue weighted by Gasteiger charge is -2.35. The van der Waals surface area contributed by atoms with Crippen LogP contribution >= 0.6 is 0 Å². The molecule has 0 fully saturated rings. The normalized spacial score (nSPS) is 21.3. The predicted molar refractivity (Wildman–Crippen MR) is 82.0 cm³/mol. The maximum absolute atomic E-state index is 13.1. The molecule has 20 heavy (non-hydrogen) atoms. The molecule has 0 saturated heterocycles. The Kier molecular flexibility index (Phi) is 3.01. The van der Waals surface area contributed by atoms with E-state index in [0.717, 1.165) is 28.9 Å². The Morgan fingerprint density at radius 1 is 1.00 bits per heavy atom. The number of ketones is 1. The molecule has 3 rings (SSSR count). The first-order chi connectivity index (χ1) is 9.70. The molecule has 0 bridgehead atoms. The Balaban J connectivity index is 2.26. The maximum atomic E-state index is 13.1. The van der Waals surface area contributed by atoms with Gasteiger partial charge in [-0.3, -0.25) is 9.79 Å². The van der Waals surface area contributed by atoms with Gasteiger partial charge in [-0.15, -0.1) is 0 Å². The van der Waals surface area contributed by atoms with Crippen molar-refractivity contribution >= 4 is 17.2 Å². The van der Waals surface area contributed by atoms with Crippen LogP contribution < -0.4 is 0 Å². The van der Waals surface area contributed by atoms with Crippen molar-refractivity contribution < 1.29 is 4.79 Å². The lowest BCUT2D eigenvalue weighted by atomic mass is 9.68. The molecule has 0 spiro atoms. The molecule has 1 unspecified atom stereocenters. The SMILES string of the molecule is CCC1(c2ccccc2)C(=O)c2ccccc2N=C1C. The molecular weight excluding hydrogens is 246 g/mol. The number of hydrogen-bond donors (Lipinski definition) is 0. The highest BCUT2D eigenvalue weighted by atomic mass is 16.1. The predicted octanol–water partition coefficient (Wildman–Crippen LogP) is 4.32. The van der Waals surface area contributed by atoms with Crippen LogP contribution in [0.1, 0.15) is 36.2 Å². The van der Waals surface area contributed by atoms with Gasteiger partial charge in [-0.05, 0) is 31.0 Å². The minimum absolute atomic E-state index is 0.161. The van der Waals surface area contributed by atoms with Crippen LogP contribution in [-0.4, -0.2) is 11.5 Å². The third kappa shape index (κ3) is 1.64. The van der Waals surface area contributed by atoms with E-state index in [4.69, 9.17) is 4.99 Å². The van der Waals surface area contributed by atoms with Gasteiger partial charge in [0.05, 0.1) is 11.1 Å². The van der Waals surface area contributed by atoms with Crippen molar-refractivity contribution in [1.29, 1.82) is 0 Å². The Morgan fingerprint density at radius 3 is 2.35 bits per heavy atom. The highest BCUT2D eigenvalue weighted by Crippen LogP contribution is 2.40.